The largest absolute Gasteiger partial charge is 0.337 e. The molecule has 0 bridgehead atoms. The molecule has 1 aliphatic rings. The second-order valence-corrected chi connectivity index (χ2v) is 7.13. The molecule has 0 spiro atoms. The molecule has 5 heteroatoms. The minimum atomic E-state index is -0.375. The molecule has 0 fully saturated rings. The first-order chi connectivity index (χ1) is 14.1. The van der Waals surface area contributed by atoms with Crippen LogP contribution >= 0.6 is 0 Å². The number of halogens is 1. The van der Waals surface area contributed by atoms with Gasteiger partial charge in [0.2, 0.25) is 0 Å². The molecule has 0 saturated carbocycles. The third-order valence-electron chi connectivity index (χ3n) is 5.17. The summed E-state index contributed by atoms with van der Waals surface area (Å²) in [6, 6.07) is 15.3. The van der Waals surface area contributed by atoms with Gasteiger partial charge in [0.25, 0.3) is 11.8 Å². The molecule has 4 nitrogen and oxygen atoms in total. The summed E-state index contributed by atoms with van der Waals surface area (Å²) in [5.74, 6) is -0.960. The Morgan fingerprint density at radius 3 is 2.17 bits per heavy atom. The van der Waals surface area contributed by atoms with Crippen molar-refractivity contribution >= 4 is 23.1 Å². The van der Waals surface area contributed by atoms with E-state index in [4.69, 9.17) is 0 Å². The minimum Gasteiger partial charge on any atom is -0.337 e. The predicted molar refractivity (Wildman–Crippen MR) is 114 cm³/mol. The molecule has 152 valence electrons. The minimum absolute atomic E-state index is 0.281. The summed E-state index contributed by atoms with van der Waals surface area (Å²) in [7, 11) is 0. The number of anilines is 1. The fourth-order valence-corrected chi connectivity index (χ4v) is 3.67. The number of carbonyl (C=O) groups excluding carboxylic acids is 2. The number of para-hydroxylation sites is 1. The number of rotatable bonds is 9. The van der Waals surface area contributed by atoms with Crippen LogP contribution in [-0.4, -0.2) is 29.8 Å². The lowest BCUT2D eigenvalue weighted by Crippen LogP contribution is -2.36. The Hall–Kier alpha value is -2.95. The van der Waals surface area contributed by atoms with Gasteiger partial charge in [0.1, 0.15) is 11.5 Å². The van der Waals surface area contributed by atoms with E-state index in [1.54, 1.807) is 12.1 Å². The normalized spacial score (nSPS) is 14.1. The highest BCUT2D eigenvalue weighted by Crippen LogP contribution is 2.34. The molecule has 0 unspecified atom stereocenters. The molecule has 0 aromatic heterocycles. The van der Waals surface area contributed by atoms with Gasteiger partial charge in [0.15, 0.2) is 0 Å². The van der Waals surface area contributed by atoms with Crippen LogP contribution in [0.1, 0.15) is 45.1 Å². The maximum Gasteiger partial charge on any atom is 0.278 e. The van der Waals surface area contributed by atoms with Crippen LogP contribution in [0.3, 0.4) is 0 Å². The van der Waals surface area contributed by atoms with E-state index in [9.17, 15) is 14.0 Å². The van der Waals surface area contributed by atoms with Crippen LogP contribution in [-0.2, 0) is 9.59 Å². The van der Waals surface area contributed by atoms with Crippen LogP contribution in [0.15, 0.2) is 60.3 Å². The van der Waals surface area contributed by atoms with E-state index in [0.717, 1.165) is 31.4 Å². The van der Waals surface area contributed by atoms with Gasteiger partial charge in [0.05, 0.1) is 5.57 Å². The number of hydrogen-bond acceptors (Lipinski definition) is 3. The Bertz CT molecular complexity index is 891. The van der Waals surface area contributed by atoms with E-state index in [1.165, 1.54) is 17.0 Å². The van der Waals surface area contributed by atoms with Crippen molar-refractivity contribution in [2.24, 2.45) is 0 Å². The fraction of sp³-hybridized carbons (Fsp3) is 0.333. The molecule has 0 saturated heterocycles. The van der Waals surface area contributed by atoms with Crippen molar-refractivity contribution in [2.45, 2.75) is 39.5 Å². The summed E-state index contributed by atoms with van der Waals surface area (Å²) in [6.45, 7) is 5.01. The van der Waals surface area contributed by atoms with Crippen LogP contribution in [0.5, 0.6) is 0 Å². The van der Waals surface area contributed by atoms with E-state index < -0.39 is 0 Å². The van der Waals surface area contributed by atoms with Crippen molar-refractivity contribution < 1.29 is 14.0 Å². The number of amides is 2. The highest BCUT2D eigenvalue weighted by atomic mass is 19.1. The number of carbonyl (C=O) groups is 2. The molecular weight excluding hydrogens is 367 g/mol. The van der Waals surface area contributed by atoms with Gasteiger partial charge in [-0.15, -0.1) is 0 Å². The first-order valence-corrected chi connectivity index (χ1v) is 10.3. The van der Waals surface area contributed by atoms with Crippen molar-refractivity contribution in [2.75, 3.05) is 18.0 Å². The maximum absolute atomic E-state index is 13.5. The number of likely N-dealkylation sites (N-methyl/N-ethyl adjacent to an activating group) is 1. The Kier molecular flexibility index (Phi) is 6.81. The van der Waals surface area contributed by atoms with Crippen LogP contribution < -0.4 is 4.90 Å². The van der Waals surface area contributed by atoms with Crippen molar-refractivity contribution in [1.82, 2.24) is 4.90 Å². The SMILES string of the molecule is CCCCCCN1C(=O)C(c2ccc(F)cc2)=C(N(CC)c2ccccc2)C1=O. The lowest BCUT2D eigenvalue weighted by atomic mass is 10.0. The lowest BCUT2D eigenvalue weighted by molar-refractivity contribution is -0.137. The summed E-state index contributed by atoms with van der Waals surface area (Å²) < 4.78 is 13.5. The Balaban J connectivity index is 2.03. The third-order valence-corrected chi connectivity index (χ3v) is 5.17. The molecule has 0 atom stereocenters. The number of hydrogen-bond donors (Lipinski definition) is 0. The molecule has 1 aliphatic heterocycles. The highest BCUT2D eigenvalue weighted by Gasteiger charge is 2.41. The van der Waals surface area contributed by atoms with Crippen molar-refractivity contribution in [3.63, 3.8) is 0 Å². The smallest absolute Gasteiger partial charge is 0.278 e. The zero-order valence-corrected chi connectivity index (χ0v) is 17.0. The summed E-state index contributed by atoms with van der Waals surface area (Å²) >= 11 is 0. The Labute approximate surface area is 171 Å². The second kappa shape index (κ2) is 9.50. The van der Waals surface area contributed by atoms with Gasteiger partial charge in [-0.2, -0.15) is 0 Å². The average Bonchev–Trinajstić information content (AvgIpc) is 2.98. The topological polar surface area (TPSA) is 40.6 Å². The quantitative estimate of drug-likeness (QED) is 0.443. The summed E-state index contributed by atoms with van der Waals surface area (Å²) in [5.41, 5.74) is 2.12. The molecule has 2 amide bonds. The molecular formula is C24H27FN2O2. The van der Waals surface area contributed by atoms with Gasteiger partial charge in [-0.1, -0.05) is 56.5 Å². The molecule has 29 heavy (non-hydrogen) atoms. The maximum atomic E-state index is 13.5. The first kappa shape index (κ1) is 20.8. The van der Waals surface area contributed by atoms with Crippen LogP contribution in [0.2, 0.25) is 0 Å². The Morgan fingerprint density at radius 2 is 1.55 bits per heavy atom. The molecule has 3 rings (SSSR count). The number of imide groups is 1. The van der Waals surface area contributed by atoms with Gasteiger partial charge < -0.3 is 4.90 Å². The zero-order chi connectivity index (χ0) is 20.8. The predicted octanol–water partition coefficient (Wildman–Crippen LogP) is 5.01. The van der Waals surface area contributed by atoms with Crippen molar-refractivity contribution in [3.8, 4) is 0 Å². The van der Waals surface area contributed by atoms with Gasteiger partial charge in [-0.05, 0) is 43.2 Å². The fourth-order valence-electron chi connectivity index (χ4n) is 3.67. The standard InChI is InChI=1S/C24H27FN2O2/c1-3-5-6-10-17-27-23(28)21(18-13-15-19(25)16-14-18)22(24(27)29)26(4-2)20-11-8-7-9-12-20/h7-9,11-16H,3-6,10,17H2,1-2H3. The van der Waals surface area contributed by atoms with Crippen molar-refractivity contribution in [1.29, 1.82) is 0 Å². The Morgan fingerprint density at radius 1 is 0.862 bits per heavy atom. The van der Waals surface area contributed by atoms with E-state index in [2.05, 4.69) is 6.92 Å². The molecule has 2 aromatic carbocycles. The van der Waals surface area contributed by atoms with Crippen LogP contribution in [0.4, 0.5) is 10.1 Å². The third kappa shape index (κ3) is 4.39. The first-order valence-electron chi connectivity index (χ1n) is 10.3. The molecule has 0 radical (unpaired) electrons. The highest BCUT2D eigenvalue weighted by molar-refractivity contribution is 6.36. The van der Waals surface area contributed by atoms with E-state index in [1.807, 2.05) is 42.2 Å². The van der Waals surface area contributed by atoms with E-state index in [-0.39, 0.29) is 17.6 Å². The van der Waals surface area contributed by atoms with Gasteiger partial charge >= 0.3 is 0 Å². The van der Waals surface area contributed by atoms with Crippen molar-refractivity contribution in [3.05, 3.63) is 71.7 Å². The lowest BCUT2D eigenvalue weighted by Gasteiger charge is -2.25. The van der Waals surface area contributed by atoms with Crippen LogP contribution in [0, 0.1) is 5.82 Å². The molecule has 2 aromatic rings. The van der Waals surface area contributed by atoms with Crippen LogP contribution in [0.25, 0.3) is 5.57 Å². The van der Waals surface area contributed by atoms with E-state index >= 15 is 0 Å². The van der Waals surface area contributed by atoms with Gasteiger partial charge in [-0.25, -0.2) is 4.39 Å². The molecule has 1 heterocycles. The summed E-state index contributed by atoms with van der Waals surface area (Å²) in [4.78, 5) is 29.8. The molecule has 0 aliphatic carbocycles. The van der Waals surface area contributed by atoms with Gasteiger partial charge in [0, 0.05) is 18.8 Å². The average molecular weight is 394 g/mol. The second-order valence-electron chi connectivity index (χ2n) is 7.13. The monoisotopic (exact) mass is 394 g/mol. The number of unbranched alkanes of at least 4 members (excludes halogenated alkanes) is 3. The summed E-state index contributed by atoms with van der Waals surface area (Å²) in [5, 5.41) is 0. The zero-order valence-electron chi connectivity index (χ0n) is 17.0. The summed E-state index contributed by atoms with van der Waals surface area (Å²) in [6.07, 6.45) is 3.92. The van der Waals surface area contributed by atoms with E-state index in [0.29, 0.717) is 29.9 Å². The number of nitrogens with zero attached hydrogens (tertiary/aromatic N) is 2. The number of benzene rings is 2. The molecule has 0 N–H and O–H groups in total. The van der Waals surface area contributed by atoms with Gasteiger partial charge in [-0.3, -0.25) is 14.5 Å².